The fourth-order valence-corrected chi connectivity index (χ4v) is 2.32. The Hall–Kier alpha value is -0.850. The van der Waals surface area contributed by atoms with Gasteiger partial charge in [-0.15, -0.1) is 0 Å². The number of hydrogen-bond acceptors (Lipinski definition) is 1. The van der Waals surface area contributed by atoms with Gasteiger partial charge in [-0.25, -0.2) is 0 Å². The van der Waals surface area contributed by atoms with Crippen LogP contribution < -0.4 is 0 Å². The van der Waals surface area contributed by atoms with Crippen LogP contribution in [0, 0.1) is 6.92 Å². The van der Waals surface area contributed by atoms with Crippen LogP contribution >= 0.6 is 0 Å². The minimum absolute atomic E-state index is 0.794. The lowest BCUT2D eigenvalue weighted by molar-refractivity contribution is 0.441. The molecule has 2 rings (SSSR count). The van der Waals surface area contributed by atoms with Crippen LogP contribution in [0.4, 0.5) is 0 Å². The number of hydrogen-bond donors (Lipinski definition) is 0. The summed E-state index contributed by atoms with van der Waals surface area (Å²) in [5, 5.41) is 0. The lowest BCUT2D eigenvalue weighted by atomic mass is 9.83. The maximum atomic E-state index is 4.22. The summed E-state index contributed by atoms with van der Waals surface area (Å²) in [6, 6.07) is 2.13. The van der Waals surface area contributed by atoms with E-state index in [2.05, 4.69) is 24.2 Å². The monoisotopic (exact) mass is 175 g/mol. The average Bonchev–Trinajstić information content (AvgIpc) is 2.20. The van der Waals surface area contributed by atoms with Crippen molar-refractivity contribution in [2.45, 2.75) is 44.9 Å². The van der Waals surface area contributed by atoms with Gasteiger partial charge in [0.15, 0.2) is 0 Å². The Balaban J connectivity index is 2.18. The Bertz CT molecular complexity index is 274. The number of nitrogens with zero attached hydrogens (tertiary/aromatic N) is 1. The van der Waals surface area contributed by atoms with E-state index in [0.29, 0.717) is 0 Å². The van der Waals surface area contributed by atoms with E-state index in [1.54, 1.807) is 0 Å². The first-order chi connectivity index (χ1) is 6.38. The molecule has 13 heavy (non-hydrogen) atoms. The van der Waals surface area contributed by atoms with Crippen molar-refractivity contribution in [2.75, 3.05) is 0 Å². The van der Waals surface area contributed by atoms with Crippen LogP contribution in [0.15, 0.2) is 18.5 Å². The van der Waals surface area contributed by atoms with Crippen molar-refractivity contribution in [3.8, 4) is 0 Å². The summed E-state index contributed by atoms with van der Waals surface area (Å²) in [5.74, 6) is 0.794. The molecule has 1 heteroatoms. The van der Waals surface area contributed by atoms with E-state index in [1.165, 1.54) is 43.2 Å². The predicted octanol–water partition coefficient (Wildman–Crippen LogP) is 3.44. The summed E-state index contributed by atoms with van der Waals surface area (Å²) in [4.78, 5) is 4.22. The minimum Gasteiger partial charge on any atom is -0.264 e. The summed E-state index contributed by atoms with van der Waals surface area (Å²) < 4.78 is 0. The zero-order valence-corrected chi connectivity index (χ0v) is 8.29. The van der Waals surface area contributed by atoms with E-state index in [9.17, 15) is 0 Å². The molecule has 0 saturated heterocycles. The molecule has 1 saturated carbocycles. The first-order valence-corrected chi connectivity index (χ1v) is 5.28. The van der Waals surface area contributed by atoms with Gasteiger partial charge in [0.1, 0.15) is 0 Å². The van der Waals surface area contributed by atoms with E-state index in [0.717, 1.165) is 5.92 Å². The van der Waals surface area contributed by atoms with Crippen molar-refractivity contribution in [3.63, 3.8) is 0 Å². The van der Waals surface area contributed by atoms with Crippen molar-refractivity contribution in [3.05, 3.63) is 29.6 Å². The first-order valence-electron chi connectivity index (χ1n) is 5.28. The quantitative estimate of drug-likeness (QED) is 0.637. The molecule has 1 aliphatic carbocycles. The molecule has 0 aromatic carbocycles. The SMILES string of the molecule is Cc1ccncc1C1CCCCC1. The maximum Gasteiger partial charge on any atom is 0.0305 e. The normalized spacial score (nSPS) is 18.8. The third kappa shape index (κ3) is 1.90. The van der Waals surface area contributed by atoms with Crippen LogP contribution in [-0.2, 0) is 0 Å². The van der Waals surface area contributed by atoms with Gasteiger partial charge in [-0.3, -0.25) is 4.98 Å². The average molecular weight is 175 g/mol. The van der Waals surface area contributed by atoms with E-state index >= 15 is 0 Å². The lowest BCUT2D eigenvalue weighted by Gasteiger charge is -2.22. The van der Waals surface area contributed by atoms with Gasteiger partial charge in [-0.2, -0.15) is 0 Å². The summed E-state index contributed by atoms with van der Waals surface area (Å²) in [5.41, 5.74) is 2.91. The second kappa shape index (κ2) is 3.91. The van der Waals surface area contributed by atoms with E-state index in [1.807, 2.05) is 6.20 Å². The van der Waals surface area contributed by atoms with Gasteiger partial charge in [0.05, 0.1) is 0 Å². The largest absolute Gasteiger partial charge is 0.264 e. The molecule has 0 amide bonds. The van der Waals surface area contributed by atoms with Crippen molar-refractivity contribution >= 4 is 0 Å². The fraction of sp³-hybridized carbons (Fsp3) is 0.583. The molecule has 1 aromatic rings. The maximum absolute atomic E-state index is 4.22. The third-order valence-corrected chi connectivity index (χ3v) is 3.12. The van der Waals surface area contributed by atoms with Crippen LogP contribution in [0.5, 0.6) is 0 Å². The molecule has 0 atom stereocenters. The van der Waals surface area contributed by atoms with Gasteiger partial charge in [-0.1, -0.05) is 19.3 Å². The minimum atomic E-state index is 0.794. The van der Waals surface area contributed by atoms with Crippen LogP contribution in [0.1, 0.15) is 49.1 Å². The standard InChI is InChI=1S/C12H17N/c1-10-7-8-13-9-12(10)11-5-3-2-4-6-11/h7-9,11H,2-6H2,1H3. The highest BCUT2D eigenvalue weighted by Gasteiger charge is 2.16. The Kier molecular flexibility index (Phi) is 2.62. The third-order valence-electron chi connectivity index (χ3n) is 3.12. The van der Waals surface area contributed by atoms with Crippen molar-refractivity contribution in [1.29, 1.82) is 0 Å². The molecule has 0 aliphatic heterocycles. The molecule has 1 fully saturated rings. The molecule has 1 aliphatic rings. The van der Waals surface area contributed by atoms with Crippen molar-refractivity contribution in [1.82, 2.24) is 4.98 Å². The second-order valence-electron chi connectivity index (χ2n) is 4.07. The number of rotatable bonds is 1. The summed E-state index contributed by atoms with van der Waals surface area (Å²) in [6.45, 7) is 2.20. The Morgan fingerprint density at radius 2 is 2.00 bits per heavy atom. The van der Waals surface area contributed by atoms with Gasteiger partial charge in [0, 0.05) is 12.4 Å². The van der Waals surface area contributed by atoms with Gasteiger partial charge in [-0.05, 0) is 42.9 Å². The summed E-state index contributed by atoms with van der Waals surface area (Å²) in [7, 11) is 0. The van der Waals surface area contributed by atoms with Gasteiger partial charge in [0.25, 0.3) is 0 Å². The van der Waals surface area contributed by atoms with Crippen LogP contribution in [0.25, 0.3) is 0 Å². The molecule has 0 bridgehead atoms. The summed E-state index contributed by atoms with van der Waals surface area (Å²) in [6.07, 6.45) is 10.9. The van der Waals surface area contributed by atoms with Crippen LogP contribution in [0.2, 0.25) is 0 Å². The Morgan fingerprint density at radius 1 is 1.23 bits per heavy atom. The highest BCUT2D eigenvalue weighted by Crippen LogP contribution is 2.33. The number of aromatic nitrogens is 1. The van der Waals surface area contributed by atoms with E-state index in [-0.39, 0.29) is 0 Å². The zero-order valence-electron chi connectivity index (χ0n) is 8.29. The molecule has 1 heterocycles. The predicted molar refractivity (Wildman–Crippen MR) is 54.8 cm³/mol. The number of pyridine rings is 1. The molecule has 70 valence electrons. The van der Waals surface area contributed by atoms with E-state index in [4.69, 9.17) is 0 Å². The van der Waals surface area contributed by atoms with E-state index < -0.39 is 0 Å². The van der Waals surface area contributed by atoms with Gasteiger partial charge in [0.2, 0.25) is 0 Å². The van der Waals surface area contributed by atoms with Gasteiger partial charge >= 0.3 is 0 Å². The van der Waals surface area contributed by atoms with Gasteiger partial charge < -0.3 is 0 Å². The molecule has 0 unspecified atom stereocenters. The van der Waals surface area contributed by atoms with Crippen LogP contribution in [-0.4, -0.2) is 4.98 Å². The molecular weight excluding hydrogens is 158 g/mol. The highest BCUT2D eigenvalue weighted by atomic mass is 14.6. The zero-order chi connectivity index (χ0) is 9.10. The van der Waals surface area contributed by atoms with Crippen LogP contribution in [0.3, 0.4) is 0 Å². The molecule has 1 nitrogen and oxygen atoms in total. The number of aryl methyl sites for hydroxylation is 1. The Labute approximate surface area is 80.2 Å². The molecular formula is C12H17N. The summed E-state index contributed by atoms with van der Waals surface area (Å²) >= 11 is 0. The smallest absolute Gasteiger partial charge is 0.0305 e. The molecule has 0 radical (unpaired) electrons. The van der Waals surface area contributed by atoms with Crippen molar-refractivity contribution in [2.24, 2.45) is 0 Å². The molecule has 0 N–H and O–H groups in total. The van der Waals surface area contributed by atoms with Crippen molar-refractivity contribution < 1.29 is 0 Å². The lowest BCUT2D eigenvalue weighted by Crippen LogP contribution is -2.06. The molecule has 0 spiro atoms. The highest BCUT2D eigenvalue weighted by molar-refractivity contribution is 5.25. The molecule has 1 aromatic heterocycles. The fourth-order valence-electron chi connectivity index (χ4n) is 2.32. The first kappa shape index (κ1) is 8.74. The Morgan fingerprint density at radius 3 is 2.69 bits per heavy atom. The topological polar surface area (TPSA) is 12.9 Å². The second-order valence-corrected chi connectivity index (χ2v) is 4.07.